The van der Waals surface area contributed by atoms with Gasteiger partial charge in [0, 0.05) is 11.6 Å². The molecule has 2 aromatic carbocycles. The van der Waals surface area contributed by atoms with E-state index in [2.05, 4.69) is 31.2 Å². The van der Waals surface area contributed by atoms with Gasteiger partial charge in [-0.3, -0.25) is 4.79 Å². The van der Waals surface area contributed by atoms with Gasteiger partial charge < -0.3 is 5.73 Å². The SMILES string of the molecule is CC(=O)c1ccc(C)cc1.Cc1ccc([C@@H](C)N)cc1. The van der Waals surface area contributed by atoms with Crippen LogP contribution in [0.2, 0.25) is 0 Å². The molecule has 20 heavy (non-hydrogen) atoms. The number of hydrogen-bond donors (Lipinski definition) is 1. The lowest BCUT2D eigenvalue weighted by Crippen LogP contribution is -2.04. The van der Waals surface area contributed by atoms with E-state index in [9.17, 15) is 4.79 Å². The predicted molar refractivity (Wildman–Crippen MR) is 85.0 cm³/mol. The zero-order valence-corrected chi connectivity index (χ0v) is 12.7. The maximum absolute atomic E-state index is 10.8. The van der Waals surface area contributed by atoms with Crippen molar-refractivity contribution in [1.82, 2.24) is 0 Å². The van der Waals surface area contributed by atoms with E-state index in [0.29, 0.717) is 0 Å². The number of aryl methyl sites for hydroxylation is 2. The van der Waals surface area contributed by atoms with Gasteiger partial charge in [0.05, 0.1) is 0 Å². The van der Waals surface area contributed by atoms with Crippen molar-refractivity contribution in [1.29, 1.82) is 0 Å². The summed E-state index contributed by atoms with van der Waals surface area (Å²) in [4.78, 5) is 10.8. The number of carbonyl (C=O) groups excluding carboxylic acids is 1. The summed E-state index contributed by atoms with van der Waals surface area (Å²) >= 11 is 0. The first-order valence-electron chi connectivity index (χ1n) is 6.80. The Kier molecular flexibility index (Phi) is 6.13. The molecular weight excluding hydrogens is 246 g/mol. The van der Waals surface area contributed by atoms with Crippen molar-refractivity contribution in [2.45, 2.75) is 33.7 Å². The molecule has 2 nitrogen and oxygen atoms in total. The van der Waals surface area contributed by atoms with Crippen LogP contribution in [0.5, 0.6) is 0 Å². The highest BCUT2D eigenvalue weighted by molar-refractivity contribution is 5.93. The molecule has 0 saturated heterocycles. The van der Waals surface area contributed by atoms with Gasteiger partial charge in [-0.25, -0.2) is 0 Å². The van der Waals surface area contributed by atoms with Crippen LogP contribution in [0.25, 0.3) is 0 Å². The summed E-state index contributed by atoms with van der Waals surface area (Å²) < 4.78 is 0. The van der Waals surface area contributed by atoms with Crippen molar-refractivity contribution in [2.75, 3.05) is 0 Å². The average molecular weight is 269 g/mol. The molecular formula is C18H23NO. The van der Waals surface area contributed by atoms with Gasteiger partial charge in [0.25, 0.3) is 0 Å². The Bertz CT molecular complexity index is 539. The Balaban J connectivity index is 0.000000200. The molecule has 0 aliphatic rings. The molecule has 0 aromatic heterocycles. The van der Waals surface area contributed by atoms with Crippen molar-refractivity contribution < 1.29 is 4.79 Å². The minimum Gasteiger partial charge on any atom is -0.324 e. The summed E-state index contributed by atoms with van der Waals surface area (Å²) in [7, 11) is 0. The first-order chi connectivity index (χ1) is 9.40. The maximum atomic E-state index is 10.8. The fraction of sp³-hybridized carbons (Fsp3) is 0.278. The zero-order valence-electron chi connectivity index (χ0n) is 12.7. The standard InChI is InChI=1S/C9H13N.C9H10O/c2*1-7-3-5-9(6-4-7)8(2)10/h3-6,8H,10H2,1-2H3;3-6H,1-2H3/t8-;/m1./s1. The molecule has 106 valence electrons. The fourth-order valence-electron chi connectivity index (χ4n) is 1.66. The molecule has 2 N–H and O–H groups in total. The molecule has 0 saturated carbocycles. The smallest absolute Gasteiger partial charge is 0.159 e. The van der Waals surface area contributed by atoms with Gasteiger partial charge in [0.15, 0.2) is 5.78 Å². The number of benzene rings is 2. The number of carbonyl (C=O) groups is 1. The van der Waals surface area contributed by atoms with Gasteiger partial charge in [-0.1, -0.05) is 59.7 Å². The lowest BCUT2D eigenvalue weighted by molar-refractivity contribution is 0.101. The van der Waals surface area contributed by atoms with Crippen LogP contribution in [0.3, 0.4) is 0 Å². The molecule has 0 radical (unpaired) electrons. The second kappa shape index (κ2) is 7.61. The second-order valence-electron chi connectivity index (χ2n) is 5.12. The number of nitrogens with two attached hydrogens (primary N) is 1. The van der Waals surface area contributed by atoms with Gasteiger partial charge in [-0.2, -0.15) is 0 Å². The van der Waals surface area contributed by atoms with Crippen molar-refractivity contribution in [3.8, 4) is 0 Å². The van der Waals surface area contributed by atoms with Crippen LogP contribution in [0.15, 0.2) is 48.5 Å². The average Bonchev–Trinajstić information content (AvgIpc) is 2.40. The van der Waals surface area contributed by atoms with Gasteiger partial charge >= 0.3 is 0 Å². The summed E-state index contributed by atoms with van der Waals surface area (Å²) in [5.41, 5.74) is 10.1. The van der Waals surface area contributed by atoms with E-state index in [4.69, 9.17) is 5.73 Å². The molecule has 0 fully saturated rings. The molecule has 0 amide bonds. The summed E-state index contributed by atoms with van der Waals surface area (Å²) in [6.07, 6.45) is 0. The molecule has 0 bridgehead atoms. The van der Waals surface area contributed by atoms with Crippen LogP contribution in [0.4, 0.5) is 0 Å². The third-order valence-corrected chi connectivity index (χ3v) is 3.06. The molecule has 0 spiro atoms. The predicted octanol–water partition coefficient (Wildman–Crippen LogP) is 4.21. The zero-order chi connectivity index (χ0) is 15.1. The van der Waals surface area contributed by atoms with Gasteiger partial charge in [-0.15, -0.1) is 0 Å². The number of ketones is 1. The van der Waals surface area contributed by atoms with Gasteiger partial charge in [0.1, 0.15) is 0 Å². The lowest BCUT2D eigenvalue weighted by Gasteiger charge is -2.03. The van der Waals surface area contributed by atoms with Crippen LogP contribution in [-0.2, 0) is 0 Å². The first kappa shape index (κ1) is 16.1. The highest BCUT2D eigenvalue weighted by atomic mass is 16.1. The van der Waals surface area contributed by atoms with Crippen LogP contribution in [0.1, 0.15) is 46.9 Å². The van der Waals surface area contributed by atoms with Gasteiger partial charge in [0.2, 0.25) is 0 Å². The normalized spacial score (nSPS) is 11.2. The van der Waals surface area contributed by atoms with Gasteiger partial charge in [-0.05, 0) is 33.3 Å². The quantitative estimate of drug-likeness (QED) is 0.830. The fourth-order valence-corrected chi connectivity index (χ4v) is 1.66. The van der Waals surface area contributed by atoms with Crippen LogP contribution in [0, 0.1) is 13.8 Å². The molecule has 2 aromatic rings. The minimum absolute atomic E-state index is 0.125. The van der Waals surface area contributed by atoms with E-state index in [1.807, 2.05) is 38.1 Å². The van der Waals surface area contributed by atoms with E-state index >= 15 is 0 Å². The van der Waals surface area contributed by atoms with E-state index in [1.165, 1.54) is 16.7 Å². The van der Waals surface area contributed by atoms with Crippen molar-refractivity contribution >= 4 is 5.78 Å². The maximum Gasteiger partial charge on any atom is 0.159 e. The third-order valence-electron chi connectivity index (χ3n) is 3.06. The second-order valence-corrected chi connectivity index (χ2v) is 5.12. The Hall–Kier alpha value is -1.93. The monoisotopic (exact) mass is 269 g/mol. The van der Waals surface area contributed by atoms with E-state index in [0.717, 1.165) is 5.56 Å². The molecule has 2 rings (SSSR count). The van der Waals surface area contributed by atoms with Crippen LogP contribution in [-0.4, -0.2) is 5.78 Å². The largest absolute Gasteiger partial charge is 0.324 e. The van der Waals surface area contributed by atoms with Crippen LogP contribution < -0.4 is 5.73 Å². The summed E-state index contributed by atoms with van der Waals surface area (Å²) in [5, 5.41) is 0. The summed E-state index contributed by atoms with van der Waals surface area (Å²) in [6.45, 7) is 7.64. The highest BCUT2D eigenvalue weighted by Gasteiger charge is 1.96. The molecule has 1 atom stereocenters. The Morgan fingerprint density at radius 3 is 1.65 bits per heavy atom. The lowest BCUT2D eigenvalue weighted by atomic mass is 10.1. The summed E-state index contributed by atoms with van der Waals surface area (Å²) in [5.74, 6) is 0.125. The molecule has 0 aliphatic carbocycles. The third kappa shape index (κ3) is 5.37. The minimum atomic E-state index is 0.125. The van der Waals surface area contributed by atoms with E-state index in [-0.39, 0.29) is 11.8 Å². The first-order valence-corrected chi connectivity index (χ1v) is 6.80. The molecule has 0 aliphatic heterocycles. The Labute approximate surface area is 121 Å². The number of Topliss-reactive ketones (excluding diaryl/α,β-unsaturated/α-hetero) is 1. The van der Waals surface area contributed by atoms with Crippen LogP contribution >= 0.6 is 0 Å². The highest BCUT2D eigenvalue weighted by Crippen LogP contribution is 2.09. The Morgan fingerprint density at radius 1 is 0.900 bits per heavy atom. The molecule has 0 unspecified atom stereocenters. The van der Waals surface area contributed by atoms with Crippen molar-refractivity contribution in [3.63, 3.8) is 0 Å². The molecule has 2 heteroatoms. The van der Waals surface area contributed by atoms with Crippen molar-refractivity contribution in [2.24, 2.45) is 5.73 Å². The van der Waals surface area contributed by atoms with E-state index in [1.54, 1.807) is 6.92 Å². The molecule has 0 heterocycles. The Morgan fingerprint density at radius 2 is 1.30 bits per heavy atom. The van der Waals surface area contributed by atoms with Crippen molar-refractivity contribution in [3.05, 3.63) is 70.8 Å². The number of hydrogen-bond acceptors (Lipinski definition) is 2. The van der Waals surface area contributed by atoms with E-state index < -0.39 is 0 Å². The number of rotatable bonds is 2. The summed E-state index contributed by atoms with van der Waals surface area (Å²) in [6, 6.07) is 16.0. The topological polar surface area (TPSA) is 43.1 Å².